The first-order valence-corrected chi connectivity index (χ1v) is 12.1. The Morgan fingerprint density at radius 1 is 1.16 bits per heavy atom. The number of nitrogens with two attached hydrogens (primary N) is 2. The molecule has 14 heteroatoms. The van der Waals surface area contributed by atoms with Gasteiger partial charge in [-0.05, 0) is 25.8 Å². The van der Waals surface area contributed by atoms with Gasteiger partial charge in [-0.25, -0.2) is 4.79 Å². The minimum absolute atomic E-state index is 0.0829. The lowest BCUT2D eigenvalue weighted by Gasteiger charge is -2.48. The number of amides is 2. The van der Waals surface area contributed by atoms with Gasteiger partial charge in [-0.3, -0.25) is 19.3 Å². The van der Waals surface area contributed by atoms with E-state index < -0.39 is 85.5 Å². The lowest BCUT2D eigenvalue weighted by atomic mass is 9.94. The predicted molar refractivity (Wildman–Crippen MR) is 131 cm³/mol. The number of aliphatic carboxylic acids is 2. The van der Waals surface area contributed by atoms with Crippen LogP contribution in [0.3, 0.4) is 0 Å². The third-order valence-electron chi connectivity index (χ3n) is 6.35. The zero-order valence-corrected chi connectivity index (χ0v) is 21.2. The number of carbonyl (C=O) groups excluding carboxylic acids is 2. The molecule has 9 N–H and O–H groups in total. The molecule has 1 aromatic carbocycles. The van der Waals surface area contributed by atoms with Crippen molar-refractivity contribution >= 4 is 23.8 Å². The van der Waals surface area contributed by atoms with Crippen LogP contribution in [0.2, 0.25) is 0 Å². The number of primary amides is 1. The van der Waals surface area contributed by atoms with Crippen molar-refractivity contribution in [3.63, 3.8) is 0 Å². The maximum Gasteiger partial charge on any atom is 0.332 e. The van der Waals surface area contributed by atoms with Crippen LogP contribution in [0.5, 0.6) is 0 Å². The second-order valence-corrected chi connectivity index (χ2v) is 9.13. The molecular weight excluding hydrogens is 504 g/mol. The van der Waals surface area contributed by atoms with Crippen LogP contribution in [0.25, 0.3) is 0 Å². The largest absolute Gasteiger partial charge is 0.481 e. The zero-order chi connectivity index (χ0) is 28.6. The molecule has 1 unspecified atom stereocenters. The molecular formula is C24H36N4O10. The number of carboxylic acid groups (broad SMARTS) is 2. The van der Waals surface area contributed by atoms with E-state index in [1.54, 1.807) is 30.3 Å². The molecule has 8 atom stereocenters. The van der Waals surface area contributed by atoms with Crippen molar-refractivity contribution < 1.29 is 49.1 Å². The average molecular weight is 541 g/mol. The molecule has 2 rings (SSSR count). The normalized spacial score (nSPS) is 25.8. The molecule has 1 aliphatic rings. The van der Waals surface area contributed by atoms with Crippen molar-refractivity contribution in [3.05, 3.63) is 35.9 Å². The third-order valence-corrected chi connectivity index (χ3v) is 6.35. The second kappa shape index (κ2) is 14.1. The number of carboxylic acids is 2. The van der Waals surface area contributed by atoms with Gasteiger partial charge in [-0.15, -0.1) is 0 Å². The number of benzene rings is 1. The molecule has 0 bridgehead atoms. The smallest absolute Gasteiger partial charge is 0.332 e. The highest BCUT2D eigenvalue weighted by atomic mass is 16.6. The summed E-state index contributed by atoms with van der Waals surface area (Å²) in [5.41, 5.74) is 12.5. The Morgan fingerprint density at radius 3 is 2.32 bits per heavy atom. The SMILES string of the molecule is C[C@H](C(=O)N[C@H](CCC(=O)O)C(N)=O)N(Cc1ccccc1)C1O[C@H](CO)[C@@H](O)[C@H](O[C@H](C)C(=O)O)[C@H]1N. The fraction of sp³-hybridized carbons (Fsp3) is 0.583. The molecule has 0 aliphatic carbocycles. The summed E-state index contributed by atoms with van der Waals surface area (Å²) >= 11 is 0. The Morgan fingerprint density at radius 2 is 1.79 bits per heavy atom. The van der Waals surface area contributed by atoms with Crippen molar-refractivity contribution in [1.29, 1.82) is 0 Å². The minimum atomic E-state index is -1.47. The quantitative estimate of drug-likeness (QED) is 0.135. The van der Waals surface area contributed by atoms with Crippen molar-refractivity contribution in [2.45, 2.75) is 82.0 Å². The van der Waals surface area contributed by atoms with Crippen LogP contribution in [0.1, 0.15) is 32.3 Å². The van der Waals surface area contributed by atoms with Crippen LogP contribution >= 0.6 is 0 Å². The van der Waals surface area contributed by atoms with Gasteiger partial charge in [-0.2, -0.15) is 0 Å². The van der Waals surface area contributed by atoms with E-state index in [1.165, 1.54) is 18.7 Å². The van der Waals surface area contributed by atoms with Gasteiger partial charge in [0.1, 0.15) is 30.6 Å². The van der Waals surface area contributed by atoms with Crippen LogP contribution in [-0.4, -0.2) is 104 Å². The molecule has 2 amide bonds. The molecule has 1 aliphatic heterocycles. The topological polar surface area (TPSA) is 235 Å². The highest BCUT2D eigenvalue weighted by Crippen LogP contribution is 2.28. The van der Waals surface area contributed by atoms with Crippen LogP contribution in [0.15, 0.2) is 30.3 Å². The number of rotatable bonds is 14. The molecule has 0 aromatic heterocycles. The summed E-state index contributed by atoms with van der Waals surface area (Å²) in [5, 5.41) is 41.2. The first kappa shape index (κ1) is 31.1. The molecule has 14 nitrogen and oxygen atoms in total. The summed E-state index contributed by atoms with van der Waals surface area (Å²) in [6.45, 7) is 2.20. The van der Waals surface area contributed by atoms with E-state index in [0.29, 0.717) is 0 Å². The number of aliphatic hydroxyl groups is 2. The van der Waals surface area contributed by atoms with E-state index in [9.17, 15) is 34.5 Å². The molecule has 38 heavy (non-hydrogen) atoms. The molecule has 1 heterocycles. The van der Waals surface area contributed by atoms with E-state index in [4.69, 9.17) is 26.0 Å². The van der Waals surface area contributed by atoms with Crippen LogP contribution in [0.4, 0.5) is 0 Å². The fourth-order valence-corrected chi connectivity index (χ4v) is 4.11. The molecule has 1 aromatic rings. The zero-order valence-electron chi connectivity index (χ0n) is 21.2. The summed E-state index contributed by atoms with van der Waals surface area (Å²) in [6.07, 6.45) is -7.08. The maximum absolute atomic E-state index is 13.2. The van der Waals surface area contributed by atoms with Crippen LogP contribution in [-0.2, 0) is 35.2 Å². The second-order valence-electron chi connectivity index (χ2n) is 9.13. The number of ether oxygens (including phenoxy) is 2. The summed E-state index contributed by atoms with van der Waals surface area (Å²) in [7, 11) is 0. The fourth-order valence-electron chi connectivity index (χ4n) is 4.11. The van der Waals surface area contributed by atoms with E-state index in [2.05, 4.69) is 5.32 Å². The molecule has 1 saturated heterocycles. The first-order chi connectivity index (χ1) is 17.9. The average Bonchev–Trinajstić information content (AvgIpc) is 2.87. The predicted octanol–water partition coefficient (Wildman–Crippen LogP) is -2.02. The van der Waals surface area contributed by atoms with Crippen LogP contribution < -0.4 is 16.8 Å². The Kier molecular flexibility index (Phi) is 11.6. The third kappa shape index (κ3) is 8.18. The van der Waals surface area contributed by atoms with Crippen LogP contribution in [0, 0.1) is 0 Å². The molecule has 0 spiro atoms. The first-order valence-electron chi connectivity index (χ1n) is 12.1. The van der Waals surface area contributed by atoms with E-state index >= 15 is 0 Å². The van der Waals surface area contributed by atoms with E-state index in [0.717, 1.165) is 5.56 Å². The van der Waals surface area contributed by atoms with E-state index in [-0.39, 0.29) is 13.0 Å². The van der Waals surface area contributed by atoms with E-state index in [1.807, 2.05) is 0 Å². The number of hydrogen-bond donors (Lipinski definition) is 7. The van der Waals surface area contributed by atoms with Gasteiger partial charge in [0, 0.05) is 13.0 Å². The highest BCUT2D eigenvalue weighted by molar-refractivity contribution is 5.89. The number of hydrogen-bond acceptors (Lipinski definition) is 10. The Balaban J connectivity index is 2.39. The molecule has 212 valence electrons. The monoisotopic (exact) mass is 540 g/mol. The van der Waals surface area contributed by atoms with Gasteiger partial charge in [0.05, 0.1) is 18.7 Å². The lowest BCUT2D eigenvalue weighted by Crippen LogP contribution is -2.69. The summed E-state index contributed by atoms with van der Waals surface area (Å²) in [4.78, 5) is 48.9. The molecule has 0 saturated carbocycles. The number of nitrogens with one attached hydrogen (secondary N) is 1. The lowest BCUT2D eigenvalue weighted by molar-refractivity contribution is -0.249. The van der Waals surface area contributed by atoms with Gasteiger partial charge in [0.2, 0.25) is 11.8 Å². The summed E-state index contributed by atoms with van der Waals surface area (Å²) in [6, 6.07) is 5.43. The Bertz CT molecular complexity index is 965. The summed E-state index contributed by atoms with van der Waals surface area (Å²) < 4.78 is 11.4. The van der Waals surface area contributed by atoms with Gasteiger partial charge < -0.3 is 46.7 Å². The van der Waals surface area contributed by atoms with Crippen molar-refractivity contribution in [2.24, 2.45) is 11.5 Å². The minimum Gasteiger partial charge on any atom is -0.481 e. The van der Waals surface area contributed by atoms with Crippen molar-refractivity contribution in [2.75, 3.05) is 6.61 Å². The Labute approximate surface area is 219 Å². The summed E-state index contributed by atoms with van der Waals surface area (Å²) in [5.74, 6) is -4.05. The highest BCUT2D eigenvalue weighted by Gasteiger charge is 2.48. The van der Waals surface area contributed by atoms with Gasteiger partial charge in [-0.1, -0.05) is 30.3 Å². The maximum atomic E-state index is 13.2. The molecule has 0 radical (unpaired) electrons. The van der Waals surface area contributed by atoms with Gasteiger partial charge in [0.25, 0.3) is 0 Å². The molecule has 1 fully saturated rings. The number of carbonyl (C=O) groups is 4. The van der Waals surface area contributed by atoms with Crippen molar-refractivity contribution in [3.8, 4) is 0 Å². The Hall–Kier alpha value is -3.14. The van der Waals surface area contributed by atoms with Gasteiger partial charge in [0.15, 0.2) is 6.10 Å². The van der Waals surface area contributed by atoms with Gasteiger partial charge >= 0.3 is 11.9 Å². The van der Waals surface area contributed by atoms with Crippen molar-refractivity contribution in [1.82, 2.24) is 10.2 Å². The standard InChI is InChI=1S/C24H36N4O10/c1-12(22(34)27-15(21(26)33)8-9-17(30)31)28(10-14-6-4-3-5-7-14)23-18(25)20(37-13(2)24(35)36)19(32)16(11-29)38-23/h3-7,12-13,15-16,18-20,23,29,32H,8-11,25H2,1-2H3,(H2,26,33)(H,27,34)(H,30,31)(H,35,36)/t12-,13-,15-,16-,18-,19-,20-,23?/m1/s1. The number of nitrogens with zero attached hydrogens (tertiary/aromatic N) is 1. The number of aliphatic hydroxyl groups excluding tert-OH is 2.